The summed E-state index contributed by atoms with van der Waals surface area (Å²) in [5, 5.41) is 14.3. The van der Waals surface area contributed by atoms with Crippen LogP contribution >= 0.6 is 22.7 Å². The fraction of sp³-hybridized carbons (Fsp3) is 0.0270. The summed E-state index contributed by atoms with van der Waals surface area (Å²) < 4.78 is 14.4. The van der Waals surface area contributed by atoms with E-state index in [2.05, 4.69) is 415 Å². The highest BCUT2D eigenvalue weighted by Gasteiger charge is 2.28. The van der Waals surface area contributed by atoms with Crippen molar-refractivity contribution in [3.05, 3.63) is 393 Å². The zero-order valence-corrected chi connectivity index (χ0v) is 69.3. The second kappa shape index (κ2) is 28.3. The van der Waals surface area contributed by atoms with E-state index in [0.29, 0.717) is 0 Å². The van der Waals surface area contributed by atoms with Crippen LogP contribution in [0.15, 0.2) is 376 Å². The Balaban J connectivity index is 0.522. The summed E-state index contributed by atoms with van der Waals surface area (Å²) >= 11 is 3.67. The minimum absolute atomic E-state index is 0.0640. The van der Waals surface area contributed by atoms with Crippen LogP contribution in [-0.4, -0.2) is 54.9 Å². The van der Waals surface area contributed by atoms with Gasteiger partial charge in [-0.1, -0.05) is 251 Å². The quantitative estimate of drug-likeness (QED) is 0.107. The SMILES string of the molecule is Cc1cc(C)c(B(c2ccc(-c3cccc(-c4cccc(-n5c6ccccc6c6cc7c8ccccc8n(-c8cccc(-c9ccc%10sc%11ccccc%11c%10c9)n8)c7cc65)n4)n3)cc2)c2ccc(-c3cccc(-c4cccc(-n5c6ccccc6c6cc7c8ccccc8n(-c8cccc(-c9ccc%10sc%11ccccc%11c%10c9)n8)c7cc65)n4)n3)cc2)c(C)c1. The van der Waals surface area contributed by atoms with Gasteiger partial charge in [0.25, 0.3) is 0 Å². The molecule has 12 aromatic heterocycles. The zero-order chi connectivity index (χ0) is 81.9. The third kappa shape index (κ3) is 11.5. The highest BCUT2D eigenvalue weighted by atomic mass is 32.1. The Labute approximate surface area is 720 Å². The average Bonchev–Trinajstić information content (AvgIpc) is 1.56. The first-order valence-electron chi connectivity index (χ1n) is 42.1. The molecule has 10 nitrogen and oxygen atoms in total. The Morgan fingerprint density at radius 2 is 0.484 bits per heavy atom. The molecule has 0 atom stereocenters. The van der Waals surface area contributed by atoms with E-state index in [1.807, 2.05) is 22.7 Å². The normalized spacial score (nSPS) is 12.0. The van der Waals surface area contributed by atoms with Crippen molar-refractivity contribution in [2.75, 3.05) is 0 Å². The molecule has 13 heteroatoms. The van der Waals surface area contributed by atoms with Gasteiger partial charge in [0.2, 0.25) is 6.71 Å². The molecule has 25 rings (SSSR count). The molecule has 0 N–H and O–H groups in total. The zero-order valence-electron chi connectivity index (χ0n) is 67.7. The molecule has 25 aromatic rings. The van der Waals surface area contributed by atoms with Crippen molar-refractivity contribution < 1.29 is 0 Å². The lowest BCUT2D eigenvalue weighted by Gasteiger charge is -2.21. The van der Waals surface area contributed by atoms with Crippen LogP contribution in [0.1, 0.15) is 16.7 Å². The lowest BCUT2D eigenvalue weighted by atomic mass is 9.35. The van der Waals surface area contributed by atoms with Crippen molar-refractivity contribution in [3.63, 3.8) is 0 Å². The van der Waals surface area contributed by atoms with E-state index >= 15 is 0 Å². The van der Waals surface area contributed by atoms with Crippen molar-refractivity contribution in [1.82, 2.24) is 48.2 Å². The van der Waals surface area contributed by atoms with Gasteiger partial charge in [-0.05, 0) is 178 Å². The Morgan fingerprint density at radius 1 is 0.202 bits per heavy atom. The van der Waals surface area contributed by atoms with Gasteiger partial charge >= 0.3 is 0 Å². The third-order valence-electron chi connectivity index (χ3n) is 25.3. The Bertz CT molecular complexity index is 8260. The Hall–Kier alpha value is -15.5. The van der Waals surface area contributed by atoms with Gasteiger partial charge in [-0.25, -0.2) is 29.9 Å². The van der Waals surface area contributed by atoms with E-state index in [1.165, 1.54) is 84.2 Å². The number of benzene rings is 13. The summed E-state index contributed by atoms with van der Waals surface area (Å²) in [6.45, 7) is 6.63. The first-order valence-corrected chi connectivity index (χ1v) is 43.7. The van der Waals surface area contributed by atoms with Crippen LogP contribution in [0.3, 0.4) is 0 Å². The highest BCUT2D eigenvalue weighted by molar-refractivity contribution is 7.26. The van der Waals surface area contributed by atoms with Crippen molar-refractivity contribution in [2.24, 2.45) is 0 Å². The molecule has 0 saturated heterocycles. The van der Waals surface area contributed by atoms with E-state index < -0.39 is 0 Å². The lowest BCUT2D eigenvalue weighted by molar-refractivity contribution is 1.07. The number of aryl methyl sites for hydroxylation is 3. The number of thiophene rings is 2. The largest absolute Gasteiger partial charge is 0.294 e. The van der Waals surface area contributed by atoms with Crippen molar-refractivity contribution >= 4 is 173 Å². The minimum atomic E-state index is -0.0640. The molecular weight excluding hydrogens is 1550 g/mol. The molecule has 0 bridgehead atoms. The fourth-order valence-corrected chi connectivity index (χ4v) is 21.9. The van der Waals surface area contributed by atoms with E-state index in [4.69, 9.17) is 29.9 Å². The van der Waals surface area contributed by atoms with Gasteiger partial charge in [0.1, 0.15) is 23.3 Å². The van der Waals surface area contributed by atoms with Crippen LogP contribution in [0.5, 0.6) is 0 Å². The molecule has 580 valence electrons. The van der Waals surface area contributed by atoms with Crippen LogP contribution in [0.25, 0.3) is 219 Å². The molecule has 0 amide bonds. The summed E-state index contributed by atoms with van der Waals surface area (Å²) in [6, 6.07) is 136. The molecule has 0 radical (unpaired) electrons. The van der Waals surface area contributed by atoms with Crippen LogP contribution in [-0.2, 0) is 0 Å². The molecule has 0 aliphatic heterocycles. The van der Waals surface area contributed by atoms with Gasteiger partial charge in [0.15, 0.2) is 0 Å². The van der Waals surface area contributed by atoms with Crippen LogP contribution < -0.4 is 16.4 Å². The van der Waals surface area contributed by atoms with E-state index in [9.17, 15) is 0 Å². The number of aromatic nitrogens is 10. The lowest BCUT2D eigenvalue weighted by Crippen LogP contribution is -2.54. The fourth-order valence-electron chi connectivity index (χ4n) is 19.8. The second-order valence-electron chi connectivity index (χ2n) is 32.6. The van der Waals surface area contributed by atoms with Gasteiger partial charge in [-0.2, -0.15) is 0 Å². The third-order valence-corrected chi connectivity index (χ3v) is 27.6. The Morgan fingerprint density at radius 3 is 0.847 bits per heavy atom. The number of hydrogen-bond acceptors (Lipinski definition) is 8. The predicted octanol–water partition coefficient (Wildman–Crippen LogP) is 26.6. The standard InChI is InChI=1S/C111H71BN10S2/c1-66-58-67(2)111(68(3)59-66)112(73-52-46-69(47-53-73)87-28-16-32-91(113-87)93-34-20-44-109(117-93)121-97-38-12-6-24-77(97)83-62-81-75-22-4-10-36-95(75)119(99(81)64-101(83)121)107-42-18-30-89(115-107)71-50-56-105-85(60-71)79-26-8-14-40-103(79)123-105)74-54-48-70(49-55-74)88-29-17-33-92(114-88)94-35-21-45-110(118-94)122-98-39-13-7-25-78(98)84-63-82-76-23-5-11-37-96(76)120(100(82)65-102(84)122)108-43-19-31-90(116-108)72-51-57-106-86(61-72)80-27-9-15-41-104(80)124-106/h4-65H,1-3H3. The van der Waals surface area contributed by atoms with Crippen LogP contribution in [0.4, 0.5) is 0 Å². The molecule has 0 fully saturated rings. The number of fused-ring (bicyclic) bond motifs is 18. The van der Waals surface area contributed by atoms with Gasteiger partial charge in [0, 0.05) is 106 Å². The van der Waals surface area contributed by atoms with Crippen molar-refractivity contribution in [2.45, 2.75) is 20.8 Å². The molecular formula is C111H71BN10S2. The Kier molecular flexibility index (Phi) is 16.3. The van der Waals surface area contributed by atoms with E-state index in [1.54, 1.807) is 0 Å². The molecule has 0 spiro atoms. The number of nitrogens with zero attached hydrogens (tertiary/aromatic N) is 10. The monoisotopic (exact) mass is 1620 g/mol. The predicted molar refractivity (Wildman–Crippen MR) is 521 cm³/mol. The molecule has 12 heterocycles. The molecule has 13 aromatic carbocycles. The van der Waals surface area contributed by atoms with Gasteiger partial charge in [-0.3, -0.25) is 18.3 Å². The maximum absolute atomic E-state index is 5.51. The summed E-state index contributed by atoms with van der Waals surface area (Å²) in [5.41, 5.74) is 26.9. The van der Waals surface area contributed by atoms with Crippen molar-refractivity contribution in [1.29, 1.82) is 0 Å². The molecule has 0 saturated carbocycles. The first kappa shape index (κ1) is 71.4. The summed E-state index contributed by atoms with van der Waals surface area (Å²) in [5.74, 6) is 3.32. The topological polar surface area (TPSA) is 97.1 Å². The maximum Gasteiger partial charge on any atom is 0.241 e. The average molecular weight is 1620 g/mol. The van der Waals surface area contributed by atoms with Crippen LogP contribution in [0, 0.1) is 20.8 Å². The molecule has 0 aliphatic rings. The number of pyridine rings is 6. The van der Waals surface area contributed by atoms with Gasteiger partial charge in [-0.15, -0.1) is 22.7 Å². The van der Waals surface area contributed by atoms with Gasteiger partial charge < -0.3 is 0 Å². The number of hydrogen-bond donors (Lipinski definition) is 0. The van der Waals surface area contributed by atoms with Crippen molar-refractivity contribution in [3.8, 4) is 91.1 Å². The maximum atomic E-state index is 5.51. The number of rotatable bonds is 13. The molecule has 0 unspecified atom stereocenters. The summed E-state index contributed by atoms with van der Waals surface area (Å²) in [4.78, 5) is 32.8. The first-order chi connectivity index (χ1) is 61.2. The van der Waals surface area contributed by atoms with Gasteiger partial charge in [0.05, 0.1) is 89.7 Å². The molecule has 0 aliphatic carbocycles. The van der Waals surface area contributed by atoms with E-state index in [-0.39, 0.29) is 6.71 Å². The highest BCUT2D eigenvalue weighted by Crippen LogP contribution is 2.45. The number of para-hydroxylation sites is 4. The van der Waals surface area contributed by atoms with Crippen LogP contribution in [0.2, 0.25) is 0 Å². The second-order valence-corrected chi connectivity index (χ2v) is 34.8. The summed E-state index contributed by atoms with van der Waals surface area (Å²) in [6.07, 6.45) is 0. The van der Waals surface area contributed by atoms with E-state index in [0.717, 1.165) is 168 Å². The minimum Gasteiger partial charge on any atom is -0.294 e. The smallest absolute Gasteiger partial charge is 0.241 e. The molecule has 124 heavy (non-hydrogen) atoms. The summed E-state index contributed by atoms with van der Waals surface area (Å²) in [7, 11) is 0.